The molecule has 0 atom stereocenters. The van der Waals surface area contributed by atoms with Crippen molar-refractivity contribution in [2.45, 2.75) is 38.3 Å². The van der Waals surface area contributed by atoms with Crippen molar-refractivity contribution in [1.82, 2.24) is 20.1 Å². The maximum Gasteiger partial charge on any atom is 0.157 e. The third-order valence-electron chi connectivity index (χ3n) is 3.99. The summed E-state index contributed by atoms with van der Waals surface area (Å²) in [7, 11) is 1.91. The van der Waals surface area contributed by atoms with Gasteiger partial charge in [0.1, 0.15) is 0 Å². The largest absolute Gasteiger partial charge is 0.389 e. The normalized spacial score (nSPS) is 17.6. The van der Waals surface area contributed by atoms with Crippen molar-refractivity contribution < 1.29 is 5.11 Å². The van der Waals surface area contributed by atoms with E-state index in [-0.39, 0.29) is 0 Å². The minimum Gasteiger partial charge on any atom is -0.389 e. The number of rotatable bonds is 4. The van der Waals surface area contributed by atoms with Crippen LogP contribution in [0.2, 0.25) is 0 Å². The predicted molar refractivity (Wildman–Crippen MR) is 73.8 cm³/mol. The summed E-state index contributed by atoms with van der Waals surface area (Å²) in [6.07, 6.45) is 4.85. The Bertz CT molecular complexity index is 601. The first kappa shape index (κ1) is 12.6. The van der Waals surface area contributed by atoms with E-state index in [9.17, 15) is 5.11 Å². The van der Waals surface area contributed by atoms with E-state index in [1.54, 1.807) is 4.68 Å². The maximum atomic E-state index is 10.0. The van der Waals surface area contributed by atoms with Gasteiger partial charge in [-0.25, -0.2) is 4.98 Å². The topological polar surface area (TPSA) is 63.0 Å². The Balaban J connectivity index is 1.69. The molecule has 19 heavy (non-hydrogen) atoms. The van der Waals surface area contributed by atoms with E-state index >= 15 is 0 Å². The van der Waals surface area contributed by atoms with Gasteiger partial charge < -0.3 is 10.4 Å². The van der Waals surface area contributed by atoms with Crippen molar-refractivity contribution in [1.29, 1.82) is 0 Å². The zero-order chi connectivity index (χ0) is 13.5. The molecule has 0 unspecified atom stereocenters. The van der Waals surface area contributed by atoms with Gasteiger partial charge in [-0.15, -0.1) is 0 Å². The molecule has 102 valence electrons. The number of nitrogens with zero attached hydrogens (tertiary/aromatic N) is 3. The van der Waals surface area contributed by atoms with Gasteiger partial charge in [-0.2, -0.15) is 5.10 Å². The number of aryl methyl sites for hydroxylation is 2. The summed E-state index contributed by atoms with van der Waals surface area (Å²) < 4.78 is 1.80. The molecule has 5 nitrogen and oxygen atoms in total. The number of fused-ring (bicyclic) bond motifs is 1. The van der Waals surface area contributed by atoms with E-state index in [0.717, 1.165) is 48.1 Å². The highest BCUT2D eigenvalue weighted by molar-refractivity contribution is 5.78. The van der Waals surface area contributed by atoms with Crippen LogP contribution in [0.25, 0.3) is 11.0 Å². The lowest BCUT2D eigenvalue weighted by Gasteiger charge is -2.36. The van der Waals surface area contributed by atoms with Crippen LogP contribution in [0.4, 0.5) is 0 Å². The lowest BCUT2D eigenvalue weighted by atomic mass is 9.80. The molecule has 1 saturated carbocycles. The molecule has 1 fully saturated rings. The van der Waals surface area contributed by atoms with Crippen LogP contribution in [0, 0.1) is 6.92 Å². The zero-order valence-corrected chi connectivity index (χ0v) is 11.5. The Morgan fingerprint density at radius 1 is 1.47 bits per heavy atom. The summed E-state index contributed by atoms with van der Waals surface area (Å²) >= 11 is 0. The monoisotopic (exact) mass is 260 g/mol. The smallest absolute Gasteiger partial charge is 0.157 e. The van der Waals surface area contributed by atoms with Crippen molar-refractivity contribution in [2.75, 3.05) is 6.54 Å². The van der Waals surface area contributed by atoms with Gasteiger partial charge in [0.2, 0.25) is 0 Å². The van der Waals surface area contributed by atoms with Crippen molar-refractivity contribution in [3.8, 4) is 0 Å². The maximum absolute atomic E-state index is 10.0. The first-order chi connectivity index (χ1) is 9.07. The Morgan fingerprint density at radius 3 is 2.95 bits per heavy atom. The molecule has 0 bridgehead atoms. The van der Waals surface area contributed by atoms with E-state index in [1.807, 2.05) is 20.2 Å². The van der Waals surface area contributed by atoms with Crippen LogP contribution >= 0.6 is 0 Å². The molecular formula is C14H20N4O. The van der Waals surface area contributed by atoms with Gasteiger partial charge in [0, 0.05) is 31.7 Å². The fourth-order valence-electron chi connectivity index (χ4n) is 2.65. The molecule has 2 aromatic rings. The highest BCUT2D eigenvalue weighted by atomic mass is 16.3. The summed E-state index contributed by atoms with van der Waals surface area (Å²) in [5.41, 5.74) is 2.58. The molecule has 0 amide bonds. The van der Waals surface area contributed by atoms with Crippen LogP contribution in [0.15, 0.2) is 12.3 Å². The lowest BCUT2D eigenvalue weighted by molar-refractivity contribution is -0.0314. The van der Waals surface area contributed by atoms with E-state index < -0.39 is 5.60 Å². The molecule has 0 aliphatic heterocycles. The molecule has 2 N–H and O–H groups in total. The van der Waals surface area contributed by atoms with E-state index in [0.29, 0.717) is 6.54 Å². The summed E-state index contributed by atoms with van der Waals surface area (Å²) in [6, 6.07) is 2.13. The minimum atomic E-state index is -0.470. The number of hydrogen-bond donors (Lipinski definition) is 2. The Labute approximate surface area is 112 Å². The fourth-order valence-corrected chi connectivity index (χ4v) is 2.65. The second-order valence-corrected chi connectivity index (χ2v) is 5.61. The summed E-state index contributed by atoms with van der Waals surface area (Å²) in [6.45, 7) is 3.40. The highest BCUT2D eigenvalue weighted by Crippen LogP contribution is 2.30. The standard InChI is InChI=1S/C14H20N4O/c1-10-12-6-11(8-16-13(12)18(2)17-10)7-15-9-14(19)4-3-5-14/h6,8,15,19H,3-5,7,9H2,1-2H3. The first-order valence-corrected chi connectivity index (χ1v) is 6.79. The average molecular weight is 260 g/mol. The molecule has 0 radical (unpaired) electrons. The minimum absolute atomic E-state index is 0.470. The van der Waals surface area contributed by atoms with Gasteiger partial charge in [-0.05, 0) is 37.8 Å². The summed E-state index contributed by atoms with van der Waals surface area (Å²) in [4.78, 5) is 4.45. The Hall–Kier alpha value is -1.46. The van der Waals surface area contributed by atoms with Crippen molar-refractivity contribution in [2.24, 2.45) is 7.05 Å². The van der Waals surface area contributed by atoms with E-state index in [4.69, 9.17) is 0 Å². The van der Waals surface area contributed by atoms with Crippen LogP contribution in [0.3, 0.4) is 0 Å². The molecule has 0 saturated heterocycles. The number of pyridine rings is 1. The molecule has 2 heterocycles. The van der Waals surface area contributed by atoms with E-state index in [1.165, 1.54) is 0 Å². The third-order valence-corrected chi connectivity index (χ3v) is 3.99. The second-order valence-electron chi connectivity index (χ2n) is 5.61. The Morgan fingerprint density at radius 2 is 2.26 bits per heavy atom. The first-order valence-electron chi connectivity index (χ1n) is 6.79. The number of aliphatic hydroxyl groups is 1. The number of aromatic nitrogens is 3. The van der Waals surface area contributed by atoms with Crippen LogP contribution in [0.1, 0.15) is 30.5 Å². The molecule has 0 spiro atoms. The quantitative estimate of drug-likeness (QED) is 0.869. The van der Waals surface area contributed by atoms with Gasteiger partial charge >= 0.3 is 0 Å². The lowest BCUT2D eigenvalue weighted by Crippen LogP contribution is -2.45. The van der Waals surface area contributed by atoms with Crippen LogP contribution in [-0.4, -0.2) is 32.0 Å². The highest BCUT2D eigenvalue weighted by Gasteiger charge is 2.33. The molecule has 5 heteroatoms. The van der Waals surface area contributed by atoms with E-state index in [2.05, 4.69) is 21.5 Å². The predicted octanol–water partition coefficient (Wildman–Crippen LogP) is 1.28. The molecule has 0 aromatic carbocycles. The van der Waals surface area contributed by atoms with Crippen molar-refractivity contribution in [3.05, 3.63) is 23.5 Å². The molecule has 1 aliphatic rings. The molecule has 1 aliphatic carbocycles. The third kappa shape index (κ3) is 2.35. The molecular weight excluding hydrogens is 240 g/mol. The summed E-state index contributed by atoms with van der Waals surface area (Å²) in [5, 5.41) is 18.8. The number of nitrogens with one attached hydrogen (secondary N) is 1. The summed E-state index contributed by atoms with van der Waals surface area (Å²) in [5.74, 6) is 0. The van der Waals surface area contributed by atoms with Gasteiger partial charge in [-0.3, -0.25) is 4.68 Å². The average Bonchev–Trinajstić information content (AvgIpc) is 2.63. The Kier molecular flexibility index (Phi) is 3.03. The second kappa shape index (κ2) is 4.58. The van der Waals surface area contributed by atoms with Crippen molar-refractivity contribution >= 4 is 11.0 Å². The number of hydrogen-bond acceptors (Lipinski definition) is 4. The SMILES string of the molecule is Cc1nn(C)c2ncc(CNCC3(O)CCC3)cc12. The van der Waals surface area contributed by atoms with Crippen LogP contribution in [0.5, 0.6) is 0 Å². The fraction of sp³-hybridized carbons (Fsp3) is 0.571. The van der Waals surface area contributed by atoms with Gasteiger partial charge in [-0.1, -0.05) is 0 Å². The van der Waals surface area contributed by atoms with Gasteiger partial charge in [0.25, 0.3) is 0 Å². The molecule has 3 rings (SSSR count). The van der Waals surface area contributed by atoms with Crippen LogP contribution in [-0.2, 0) is 13.6 Å². The van der Waals surface area contributed by atoms with Gasteiger partial charge in [0.05, 0.1) is 11.3 Å². The zero-order valence-electron chi connectivity index (χ0n) is 11.5. The van der Waals surface area contributed by atoms with Crippen molar-refractivity contribution in [3.63, 3.8) is 0 Å². The molecule has 2 aromatic heterocycles. The van der Waals surface area contributed by atoms with Gasteiger partial charge in [0.15, 0.2) is 5.65 Å². The van der Waals surface area contributed by atoms with Crippen LogP contribution < -0.4 is 5.32 Å².